The third-order valence-corrected chi connectivity index (χ3v) is 5.05. The minimum absolute atomic E-state index is 0.221. The molecule has 130 valence electrons. The second-order valence-corrected chi connectivity index (χ2v) is 7.14. The number of aromatic nitrogens is 5. The van der Waals surface area contributed by atoms with E-state index in [1.165, 1.54) is 11.3 Å². The molecule has 0 saturated carbocycles. The highest BCUT2D eigenvalue weighted by atomic mass is 32.1. The summed E-state index contributed by atoms with van der Waals surface area (Å²) in [5.41, 5.74) is 2.52. The van der Waals surface area contributed by atoms with E-state index in [9.17, 15) is 4.79 Å². The molecule has 1 amide bonds. The fraction of sp³-hybridized carbons (Fsp3) is 0.167. The Hall–Kier alpha value is -3.13. The zero-order chi connectivity index (χ0) is 18.3. The Morgan fingerprint density at radius 1 is 1.12 bits per heavy atom. The van der Waals surface area contributed by atoms with Crippen LogP contribution < -0.4 is 5.32 Å². The van der Waals surface area contributed by atoms with Gasteiger partial charge in [-0.05, 0) is 26.0 Å². The molecule has 0 aromatic carbocycles. The predicted octanol–water partition coefficient (Wildman–Crippen LogP) is 3.36. The van der Waals surface area contributed by atoms with Crippen LogP contribution in [0.5, 0.6) is 0 Å². The molecule has 0 aliphatic carbocycles. The molecule has 4 heterocycles. The van der Waals surface area contributed by atoms with Crippen LogP contribution in [-0.2, 0) is 7.05 Å². The first-order valence-electron chi connectivity index (χ1n) is 8.00. The van der Waals surface area contributed by atoms with E-state index in [0.717, 1.165) is 33.1 Å². The Morgan fingerprint density at radius 2 is 1.96 bits per heavy atom. The van der Waals surface area contributed by atoms with Crippen molar-refractivity contribution in [1.29, 1.82) is 0 Å². The molecule has 0 atom stereocenters. The number of thiazole rings is 1. The summed E-state index contributed by atoms with van der Waals surface area (Å²) in [4.78, 5) is 30.3. The van der Waals surface area contributed by atoms with E-state index in [1.807, 2.05) is 37.6 Å². The van der Waals surface area contributed by atoms with Gasteiger partial charge in [0.05, 0.1) is 34.3 Å². The van der Waals surface area contributed by atoms with E-state index in [-0.39, 0.29) is 5.91 Å². The molecular formula is C18H16N6OS. The van der Waals surface area contributed by atoms with Crippen LogP contribution in [0.25, 0.3) is 22.3 Å². The number of rotatable bonds is 3. The molecule has 4 aromatic heterocycles. The van der Waals surface area contributed by atoms with Gasteiger partial charge in [0.2, 0.25) is 0 Å². The minimum Gasteiger partial charge on any atom is -0.330 e. The molecule has 0 bridgehead atoms. The first kappa shape index (κ1) is 16.3. The van der Waals surface area contributed by atoms with E-state index >= 15 is 0 Å². The monoisotopic (exact) mass is 364 g/mol. The lowest BCUT2D eigenvalue weighted by molar-refractivity contribution is 0.103. The second-order valence-electron chi connectivity index (χ2n) is 5.91. The molecule has 8 heteroatoms. The van der Waals surface area contributed by atoms with Crippen molar-refractivity contribution < 1.29 is 4.79 Å². The maximum atomic E-state index is 12.3. The molecule has 7 nitrogen and oxygen atoms in total. The number of nitrogens with zero attached hydrogens (tertiary/aromatic N) is 5. The van der Waals surface area contributed by atoms with Crippen molar-refractivity contribution >= 4 is 34.0 Å². The average Bonchev–Trinajstić information content (AvgIpc) is 3.21. The zero-order valence-corrected chi connectivity index (χ0v) is 15.3. The van der Waals surface area contributed by atoms with Crippen molar-refractivity contribution in [2.45, 2.75) is 13.8 Å². The summed E-state index contributed by atoms with van der Waals surface area (Å²) in [7, 11) is 1.96. The van der Waals surface area contributed by atoms with Gasteiger partial charge in [-0.2, -0.15) is 0 Å². The van der Waals surface area contributed by atoms with Gasteiger partial charge in [0.1, 0.15) is 16.5 Å². The summed E-state index contributed by atoms with van der Waals surface area (Å²) in [6.45, 7) is 3.81. The van der Waals surface area contributed by atoms with Crippen LogP contribution >= 0.6 is 11.3 Å². The Morgan fingerprint density at radius 3 is 2.65 bits per heavy atom. The second kappa shape index (κ2) is 6.30. The smallest absolute Gasteiger partial charge is 0.268 e. The number of carbonyl (C=O) groups is 1. The first-order chi connectivity index (χ1) is 12.5. The van der Waals surface area contributed by atoms with Crippen LogP contribution in [-0.4, -0.2) is 30.4 Å². The molecule has 1 N–H and O–H groups in total. The fourth-order valence-electron chi connectivity index (χ4n) is 2.61. The Balaban J connectivity index is 1.67. The van der Waals surface area contributed by atoms with E-state index in [2.05, 4.69) is 20.3 Å². The van der Waals surface area contributed by atoms with Crippen molar-refractivity contribution in [2.24, 2.45) is 7.05 Å². The number of fused-ring (bicyclic) bond motifs is 1. The molecule has 0 fully saturated rings. The molecule has 0 aliphatic rings. The quantitative estimate of drug-likeness (QED) is 0.602. The van der Waals surface area contributed by atoms with Gasteiger partial charge in [0, 0.05) is 24.7 Å². The SMILES string of the molecule is Cc1ncc(C(=O)Nc2cc3nc(-c4cnc(C)n4C)ccc3cn2)s1. The number of nitrogens with one attached hydrogen (secondary N) is 1. The van der Waals surface area contributed by atoms with Crippen molar-refractivity contribution in [3.8, 4) is 11.4 Å². The summed E-state index contributed by atoms with van der Waals surface area (Å²) in [5, 5.41) is 4.55. The molecule has 0 spiro atoms. The van der Waals surface area contributed by atoms with Crippen LogP contribution in [0.15, 0.2) is 36.8 Å². The topological polar surface area (TPSA) is 85.6 Å². The van der Waals surface area contributed by atoms with Crippen molar-refractivity contribution in [2.75, 3.05) is 5.32 Å². The number of anilines is 1. The van der Waals surface area contributed by atoms with Crippen LogP contribution in [0, 0.1) is 13.8 Å². The lowest BCUT2D eigenvalue weighted by atomic mass is 10.2. The number of hydrogen-bond acceptors (Lipinski definition) is 6. The number of imidazole rings is 1. The molecular weight excluding hydrogens is 348 g/mol. The molecule has 26 heavy (non-hydrogen) atoms. The number of carbonyl (C=O) groups excluding carboxylic acids is 1. The third kappa shape index (κ3) is 2.95. The lowest BCUT2D eigenvalue weighted by Gasteiger charge is -2.07. The third-order valence-electron chi connectivity index (χ3n) is 4.14. The summed E-state index contributed by atoms with van der Waals surface area (Å²) >= 11 is 1.35. The summed E-state index contributed by atoms with van der Waals surface area (Å²) in [6.07, 6.45) is 5.07. The van der Waals surface area contributed by atoms with Crippen molar-refractivity contribution in [3.05, 3.63) is 52.5 Å². The Labute approximate surface area is 153 Å². The highest BCUT2D eigenvalue weighted by molar-refractivity contribution is 7.13. The number of pyridine rings is 2. The molecule has 4 rings (SSSR count). The molecule has 0 aliphatic heterocycles. The highest BCUT2D eigenvalue weighted by Crippen LogP contribution is 2.23. The lowest BCUT2D eigenvalue weighted by Crippen LogP contribution is -2.11. The summed E-state index contributed by atoms with van der Waals surface area (Å²) in [6, 6.07) is 5.68. The maximum absolute atomic E-state index is 12.3. The summed E-state index contributed by atoms with van der Waals surface area (Å²) in [5.74, 6) is 1.16. The number of hydrogen-bond donors (Lipinski definition) is 1. The minimum atomic E-state index is -0.221. The van der Waals surface area contributed by atoms with Gasteiger partial charge >= 0.3 is 0 Å². The number of amides is 1. The van der Waals surface area contributed by atoms with Gasteiger partial charge in [0.15, 0.2) is 0 Å². The van der Waals surface area contributed by atoms with Gasteiger partial charge in [-0.25, -0.2) is 19.9 Å². The standard InChI is InChI=1S/C18H16N6OS/c1-10-19-8-15(24(10)3)13-5-4-12-7-21-17(6-14(12)22-13)23-18(25)16-9-20-11(2)26-16/h4-9H,1-3H3,(H,21,23,25). The first-order valence-corrected chi connectivity index (χ1v) is 8.82. The Kier molecular flexibility index (Phi) is 3.96. The fourth-order valence-corrected chi connectivity index (χ4v) is 3.28. The number of aryl methyl sites for hydroxylation is 2. The van der Waals surface area contributed by atoms with Crippen molar-refractivity contribution in [3.63, 3.8) is 0 Å². The summed E-state index contributed by atoms with van der Waals surface area (Å²) < 4.78 is 1.99. The van der Waals surface area contributed by atoms with Gasteiger partial charge in [-0.3, -0.25) is 4.79 Å². The van der Waals surface area contributed by atoms with Gasteiger partial charge < -0.3 is 9.88 Å². The molecule has 0 unspecified atom stereocenters. The molecule has 4 aromatic rings. The molecule has 0 saturated heterocycles. The van der Waals surface area contributed by atoms with Crippen LogP contribution in [0.1, 0.15) is 20.5 Å². The normalized spacial score (nSPS) is 11.0. The van der Waals surface area contributed by atoms with Crippen LogP contribution in [0.3, 0.4) is 0 Å². The zero-order valence-electron chi connectivity index (χ0n) is 14.5. The van der Waals surface area contributed by atoms with Crippen LogP contribution in [0.2, 0.25) is 0 Å². The van der Waals surface area contributed by atoms with E-state index in [4.69, 9.17) is 4.98 Å². The van der Waals surface area contributed by atoms with Gasteiger partial charge in [0.25, 0.3) is 5.91 Å². The average molecular weight is 364 g/mol. The van der Waals surface area contributed by atoms with Crippen molar-refractivity contribution in [1.82, 2.24) is 24.5 Å². The van der Waals surface area contributed by atoms with Gasteiger partial charge in [-0.1, -0.05) is 0 Å². The van der Waals surface area contributed by atoms with E-state index in [0.29, 0.717) is 10.7 Å². The van der Waals surface area contributed by atoms with E-state index in [1.54, 1.807) is 24.7 Å². The maximum Gasteiger partial charge on any atom is 0.268 e. The van der Waals surface area contributed by atoms with Crippen LogP contribution in [0.4, 0.5) is 5.82 Å². The Bertz CT molecular complexity index is 1130. The largest absolute Gasteiger partial charge is 0.330 e. The van der Waals surface area contributed by atoms with E-state index < -0.39 is 0 Å². The highest BCUT2D eigenvalue weighted by Gasteiger charge is 2.12. The predicted molar refractivity (Wildman–Crippen MR) is 101 cm³/mol. The van der Waals surface area contributed by atoms with Gasteiger partial charge in [-0.15, -0.1) is 11.3 Å². The molecule has 0 radical (unpaired) electrons.